The minimum absolute atomic E-state index is 0.207. The lowest BCUT2D eigenvalue weighted by atomic mass is 10.1. The third-order valence-electron chi connectivity index (χ3n) is 2.95. The largest absolute Gasteiger partial charge is 0.352 e. The van der Waals surface area contributed by atoms with E-state index in [1.807, 2.05) is 13.0 Å². The van der Waals surface area contributed by atoms with Crippen molar-refractivity contribution in [3.05, 3.63) is 65.0 Å². The summed E-state index contributed by atoms with van der Waals surface area (Å²) in [5.41, 5.74) is 3.20. The van der Waals surface area contributed by atoms with E-state index >= 15 is 0 Å². The summed E-state index contributed by atoms with van der Waals surface area (Å²) < 4.78 is 0. The molecule has 0 radical (unpaired) electrons. The Labute approximate surface area is 118 Å². The first-order valence-corrected chi connectivity index (χ1v) is 6.38. The molecule has 1 heterocycles. The second-order valence-electron chi connectivity index (χ2n) is 4.57. The molecule has 0 saturated carbocycles. The van der Waals surface area contributed by atoms with Crippen LogP contribution in [0.3, 0.4) is 0 Å². The number of nitriles is 1. The number of nitrogens with zero attached hydrogens (tertiary/aromatic N) is 2. The molecule has 1 aromatic heterocycles. The fraction of sp³-hybridized carbons (Fsp3) is 0.188. The zero-order chi connectivity index (χ0) is 14.4. The van der Waals surface area contributed by atoms with Gasteiger partial charge in [-0.3, -0.25) is 9.78 Å². The van der Waals surface area contributed by atoms with Crippen LogP contribution < -0.4 is 5.32 Å². The standard InChI is InChI=1S/C16H15N3O/c1-12-2-4-13(5-3-12)6-7-19-16(20)15-8-14(9-17)10-18-11-15/h2-5,8,10-11H,6-7H2,1H3,(H,19,20). The van der Waals surface area contributed by atoms with Crippen molar-refractivity contribution >= 4 is 5.91 Å². The summed E-state index contributed by atoms with van der Waals surface area (Å²) in [6, 6.07) is 11.7. The smallest absolute Gasteiger partial charge is 0.252 e. The molecule has 1 N–H and O–H groups in total. The van der Waals surface area contributed by atoms with Gasteiger partial charge in [-0.2, -0.15) is 5.26 Å². The van der Waals surface area contributed by atoms with Crippen molar-refractivity contribution in [1.82, 2.24) is 10.3 Å². The molecule has 100 valence electrons. The molecule has 0 spiro atoms. The minimum Gasteiger partial charge on any atom is -0.352 e. The van der Waals surface area contributed by atoms with E-state index in [1.54, 1.807) is 0 Å². The number of aromatic nitrogens is 1. The average molecular weight is 265 g/mol. The molecule has 20 heavy (non-hydrogen) atoms. The van der Waals surface area contributed by atoms with Crippen molar-refractivity contribution in [2.75, 3.05) is 6.54 Å². The first kappa shape index (κ1) is 13.8. The van der Waals surface area contributed by atoms with Crippen LogP contribution in [-0.2, 0) is 6.42 Å². The number of carbonyl (C=O) groups is 1. The maximum atomic E-state index is 11.9. The first-order chi connectivity index (χ1) is 9.69. The van der Waals surface area contributed by atoms with Gasteiger partial charge in [0.05, 0.1) is 11.1 Å². The second kappa shape index (κ2) is 6.48. The van der Waals surface area contributed by atoms with Crippen LogP contribution in [0.4, 0.5) is 0 Å². The van der Waals surface area contributed by atoms with E-state index in [0.29, 0.717) is 17.7 Å². The SMILES string of the molecule is Cc1ccc(CCNC(=O)c2cncc(C#N)c2)cc1. The Balaban J connectivity index is 1.89. The molecule has 0 fully saturated rings. The number of aryl methyl sites for hydroxylation is 1. The molecule has 2 rings (SSSR count). The molecule has 0 aliphatic carbocycles. The van der Waals surface area contributed by atoms with Gasteiger partial charge < -0.3 is 5.32 Å². The molecule has 0 unspecified atom stereocenters. The van der Waals surface area contributed by atoms with Crippen molar-refractivity contribution in [1.29, 1.82) is 5.26 Å². The van der Waals surface area contributed by atoms with Gasteiger partial charge >= 0.3 is 0 Å². The van der Waals surface area contributed by atoms with Crippen molar-refractivity contribution in [3.63, 3.8) is 0 Å². The van der Waals surface area contributed by atoms with Crippen molar-refractivity contribution < 1.29 is 4.79 Å². The van der Waals surface area contributed by atoms with E-state index in [1.165, 1.54) is 29.6 Å². The Morgan fingerprint density at radius 1 is 1.30 bits per heavy atom. The molecule has 0 saturated heterocycles. The van der Waals surface area contributed by atoms with Crippen molar-refractivity contribution in [2.24, 2.45) is 0 Å². The molecule has 0 aliphatic rings. The summed E-state index contributed by atoms with van der Waals surface area (Å²) in [5.74, 6) is -0.207. The maximum Gasteiger partial charge on any atom is 0.252 e. The summed E-state index contributed by atoms with van der Waals surface area (Å²) in [6.07, 6.45) is 3.67. The van der Waals surface area contributed by atoms with Crippen LogP contribution in [0.25, 0.3) is 0 Å². The number of carbonyl (C=O) groups excluding carboxylic acids is 1. The summed E-state index contributed by atoms with van der Waals surface area (Å²) in [4.78, 5) is 15.8. The summed E-state index contributed by atoms with van der Waals surface area (Å²) in [7, 11) is 0. The van der Waals surface area contributed by atoms with Crippen LogP contribution in [0.2, 0.25) is 0 Å². The quantitative estimate of drug-likeness (QED) is 0.922. The second-order valence-corrected chi connectivity index (χ2v) is 4.57. The number of pyridine rings is 1. The van der Waals surface area contributed by atoms with E-state index in [-0.39, 0.29) is 5.91 Å². The highest BCUT2D eigenvalue weighted by Crippen LogP contribution is 2.04. The van der Waals surface area contributed by atoms with Gasteiger partial charge in [0.1, 0.15) is 6.07 Å². The van der Waals surface area contributed by atoms with Gasteiger partial charge in [-0.25, -0.2) is 0 Å². The van der Waals surface area contributed by atoms with Crippen molar-refractivity contribution in [2.45, 2.75) is 13.3 Å². The van der Waals surface area contributed by atoms with Gasteiger partial charge in [-0.15, -0.1) is 0 Å². The molecule has 4 heteroatoms. The van der Waals surface area contributed by atoms with E-state index in [4.69, 9.17) is 5.26 Å². The molecular weight excluding hydrogens is 250 g/mol. The van der Waals surface area contributed by atoms with E-state index in [0.717, 1.165) is 6.42 Å². The third kappa shape index (κ3) is 3.66. The lowest BCUT2D eigenvalue weighted by molar-refractivity contribution is 0.0953. The Bertz CT molecular complexity index is 642. The van der Waals surface area contributed by atoms with Crippen LogP contribution in [0.1, 0.15) is 27.0 Å². The molecule has 4 nitrogen and oxygen atoms in total. The van der Waals surface area contributed by atoms with E-state index in [9.17, 15) is 4.79 Å². The predicted molar refractivity (Wildman–Crippen MR) is 76.2 cm³/mol. The zero-order valence-electron chi connectivity index (χ0n) is 11.3. The predicted octanol–water partition coefficient (Wildman–Crippen LogP) is 2.23. The molecule has 0 bridgehead atoms. The lowest BCUT2D eigenvalue weighted by Crippen LogP contribution is -2.25. The lowest BCUT2D eigenvalue weighted by Gasteiger charge is -2.05. The van der Waals surface area contributed by atoms with Crippen LogP contribution in [0, 0.1) is 18.3 Å². The van der Waals surface area contributed by atoms with Crippen molar-refractivity contribution in [3.8, 4) is 6.07 Å². The number of amides is 1. The molecule has 0 aliphatic heterocycles. The van der Waals surface area contributed by atoms with Gasteiger partial charge in [0.15, 0.2) is 0 Å². The minimum atomic E-state index is -0.207. The molecule has 2 aromatic rings. The van der Waals surface area contributed by atoms with Gasteiger partial charge in [0.25, 0.3) is 5.91 Å². The maximum absolute atomic E-state index is 11.9. The van der Waals surface area contributed by atoms with Gasteiger partial charge in [-0.1, -0.05) is 29.8 Å². The van der Waals surface area contributed by atoms with Gasteiger partial charge in [0.2, 0.25) is 0 Å². The third-order valence-corrected chi connectivity index (χ3v) is 2.95. The molecule has 0 atom stereocenters. The fourth-order valence-electron chi connectivity index (χ4n) is 1.80. The van der Waals surface area contributed by atoms with E-state index < -0.39 is 0 Å². The zero-order valence-corrected chi connectivity index (χ0v) is 11.3. The number of benzene rings is 1. The highest BCUT2D eigenvalue weighted by molar-refractivity contribution is 5.94. The molecule has 1 aromatic carbocycles. The topological polar surface area (TPSA) is 65.8 Å². The Morgan fingerprint density at radius 3 is 2.75 bits per heavy atom. The van der Waals surface area contributed by atoms with Crippen LogP contribution >= 0.6 is 0 Å². The Hall–Kier alpha value is -2.67. The first-order valence-electron chi connectivity index (χ1n) is 6.38. The summed E-state index contributed by atoms with van der Waals surface area (Å²) >= 11 is 0. The highest BCUT2D eigenvalue weighted by atomic mass is 16.1. The fourth-order valence-corrected chi connectivity index (χ4v) is 1.80. The Morgan fingerprint density at radius 2 is 2.05 bits per heavy atom. The highest BCUT2D eigenvalue weighted by Gasteiger charge is 2.06. The molecule has 1 amide bonds. The summed E-state index contributed by atoms with van der Waals surface area (Å²) in [5, 5.41) is 11.6. The van der Waals surface area contributed by atoms with Crippen LogP contribution in [0.15, 0.2) is 42.7 Å². The summed E-state index contributed by atoms with van der Waals surface area (Å²) in [6.45, 7) is 2.60. The van der Waals surface area contributed by atoms with Gasteiger partial charge in [0, 0.05) is 18.9 Å². The number of hydrogen-bond donors (Lipinski definition) is 1. The van der Waals surface area contributed by atoms with E-state index in [2.05, 4.69) is 34.6 Å². The normalized spacial score (nSPS) is 9.80. The number of nitrogens with one attached hydrogen (secondary N) is 1. The molecular formula is C16H15N3O. The number of hydrogen-bond acceptors (Lipinski definition) is 3. The average Bonchev–Trinajstić information content (AvgIpc) is 2.49. The monoisotopic (exact) mass is 265 g/mol. The Kier molecular flexibility index (Phi) is 4.46. The van der Waals surface area contributed by atoms with Crippen LogP contribution in [-0.4, -0.2) is 17.4 Å². The number of rotatable bonds is 4. The van der Waals surface area contributed by atoms with Gasteiger partial charge in [-0.05, 0) is 25.0 Å². The van der Waals surface area contributed by atoms with Crippen LogP contribution in [0.5, 0.6) is 0 Å².